The zero-order chi connectivity index (χ0) is 15.5. The number of nitrogens with one attached hydrogen (secondary N) is 1. The average molecular weight is 325 g/mol. The van der Waals surface area contributed by atoms with Crippen molar-refractivity contribution in [1.82, 2.24) is 14.3 Å². The van der Waals surface area contributed by atoms with Crippen LogP contribution in [-0.2, 0) is 23.6 Å². The largest absolute Gasteiger partial charge is 0.384 e. The van der Waals surface area contributed by atoms with Crippen molar-refractivity contribution in [1.29, 1.82) is 0 Å². The molecule has 2 aromatic rings. The Morgan fingerprint density at radius 1 is 1.52 bits per heavy atom. The molecule has 21 heavy (non-hydrogen) atoms. The van der Waals surface area contributed by atoms with E-state index in [9.17, 15) is 8.42 Å². The molecule has 0 atom stereocenters. The summed E-state index contributed by atoms with van der Waals surface area (Å²) >= 11 is 1.41. The van der Waals surface area contributed by atoms with E-state index in [0.29, 0.717) is 11.4 Å². The van der Waals surface area contributed by atoms with Crippen molar-refractivity contribution in [2.75, 3.05) is 6.61 Å². The number of aromatic nitrogens is 2. The van der Waals surface area contributed by atoms with Gasteiger partial charge in [-0.2, -0.15) is 0 Å². The number of imidazole rings is 1. The molecule has 2 N–H and O–H groups in total. The second-order valence-corrected chi connectivity index (χ2v) is 6.99. The van der Waals surface area contributed by atoms with Gasteiger partial charge in [-0.15, -0.1) is 11.3 Å². The smallest absolute Gasteiger partial charge is 0.259 e. The highest BCUT2D eigenvalue weighted by Crippen LogP contribution is 2.17. The van der Waals surface area contributed by atoms with Crippen molar-refractivity contribution >= 4 is 21.4 Å². The Kier molecular flexibility index (Phi) is 4.80. The standard InChI is InChI=1S/C13H15N3O3S2/c1-10-15-13(9-16(10)2)21(18,19)14-8-12-11(4-3-6-17)5-7-20-12/h5,7,9,14,17H,6,8H2,1-2H3. The minimum Gasteiger partial charge on any atom is -0.384 e. The molecule has 0 spiro atoms. The van der Waals surface area contributed by atoms with Crippen molar-refractivity contribution in [2.45, 2.75) is 18.5 Å². The molecule has 2 rings (SSSR count). The number of hydrogen-bond acceptors (Lipinski definition) is 5. The molecule has 8 heteroatoms. The van der Waals surface area contributed by atoms with Crippen LogP contribution in [0.5, 0.6) is 0 Å². The van der Waals surface area contributed by atoms with E-state index in [1.165, 1.54) is 17.5 Å². The Balaban J connectivity index is 2.14. The molecule has 0 fully saturated rings. The second-order valence-electron chi connectivity index (χ2n) is 4.28. The van der Waals surface area contributed by atoms with Gasteiger partial charge in [0.05, 0.1) is 0 Å². The Morgan fingerprint density at radius 2 is 2.29 bits per heavy atom. The van der Waals surface area contributed by atoms with Gasteiger partial charge in [0.15, 0.2) is 5.03 Å². The quantitative estimate of drug-likeness (QED) is 0.807. The van der Waals surface area contributed by atoms with E-state index >= 15 is 0 Å². The maximum absolute atomic E-state index is 12.2. The van der Waals surface area contributed by atoms with E-state index in [1.54, 1.807) is 24.6 Å². The van der Waals surface area contributed by atoms with Gasteiger partial charge in [0.25, 0.3) is 10.0 Å². The summed E-state index contributed by atoms with van der Waals surface area (Å²) < 4.78 is 28.5. The minimum atomic E-state index is -3.65. The summed E-state index contributed by atoms with van der Waals surface area (Å²) in [5.41, 5.74) is 0.717. The molecule has 0 saturated carbocycles. The van der Waals surface area contributed by atoms with Gasteiger partial charge in [0, 0.05) is 30.2 Å². The van der Waals surface area contributed by atoms with E-state index in [0.717, 1.165) is 4.88 Å². The summed E-state index contributed by atoms with van der Waals surface area (Å²) in [5, 5.41) is 10.5. The van der Waals surface area contributed by atoms with Crippen LogP contribution in [-0.4, -0.2) is 29.7 Å². The van der Waals surface area contributed by atoms with Gasteiger partial charge in [-0.25, -0.2) is 18.1 Å². The summed E-state index contributed by atoms with van der Waals surface area (Å²) in [6.07, 6.45) is 1.47. The zero-order valence-electron chi connectivity index (χ0n) is 11.6. The monoisotopic (exact) mass is 325 g/mol. The third kappa shape index (κ3) is 3.71. The first-order chi connectivity index (χ1) is 9.94. The number of nitrogens with zero attached hydrogens (tertiary/aromatic N) is 2. The maximum Gasteiger partial charge on any atom is 0.259 e. The van der Waals surface area contributed by atoms with Crippen LogP contribution in [0.15, 0.2) is 22.7 Å². The summed E-state index contributed by atoms with van der Waals surface area (Å²) in [7, 11) is -1.91. The number of sulfonamides is 1. The fourth-order valence-electron chi connectivity index (χ4n) is 1.61. The third-order valence-corrected chi connectivity index (χ3v) is 5.02. The number of rotatable bonds is 4. The van der Waals surface area contributed by atoms with Crippen LogP contribution in [0.1, 0.15) is 16.3 Å². The van der Waals surface area contributed by atoms with E-state index in [2.05, 4.69) is 21.5 Å². The number of aryl methyl sites for hydroxylation is 2. The fraction of sp³-hybridized carbons (Fsp3) is 0.308. The van der Waals surface area contributed by atoms with Gasteiger partial charge < -0.3 is 9.67 Å². The van der Waals surface area contributed by atoms with Gasteiger partial charge in [0.2, 0.25) is 0 Å². The number of thiophene rings is 1. The molecule has 112 valence electrons. The third-order valence-electron chi connectivity index (χ3n) is 2.83. The molecular weight excluding hydrogens is 310 g/mol. The van der Waals surface area contributed by atoms with E-state index in [-0.39, 0.29) is 18.2 Å². The van der Waals surface area contributed by atoms with Gasteiger partial charge in [-0.3, -0.25) is 0 Å². The Morgan fingerprint density at radius 3 is 2.90 bits per heavy atom. The van der Waals surface area contributed by atoms with Crippen LogP contribution in [0, 0.1) is 18.8 Å². The lowest BCUT2D eigenvalue weighted by molar-refractivity contribution is 0.350. The molecule has 2 aromatic heterocycles. The first-order valence-corrected chi connectivity index (χ1v) is 8.46. The summed E-state index contributed by atoms with van der Waals surface area (Å²) in [6.45, 7) is 1.65. The highest BCUT2D eigenvalue weighted by atomic mass is 32.2. The molecule has 0 saturated heterocycles. The lowest BCUT2D eigenvalue weighted by atomic mass is 10.2. The second kappa shape index (κ2) is 6.41. The molecule has 0 radical (unpaired) electrons. The van der Waals surface area contributed by atoms with E-state index in [1.807, 2.05) is 5.38 Å². The SMILES string of the molecule is Cc1nc(S(=O)(=O)NCc2sccc2C#CCO)cn1C. The Hall–Kier alpha value is -1.66. The van der Waals surface area contributed by atoms with Crippen molar-refractivity contribution in [3.8, 4) is 11.8 Å². The van der Waals surface area contributed by atoms with Crippen molar-refractivity contribution < 1.29 is 13.5 Å². The predicted octanol–water partition coefficient (Wildman–Crippen LogP) is 0.612. The van der Waals surface area contributed by atoms with Crippen LogP contribution < -0.4 is 4.72 Å². The lowest BCUT2D eigenvalue weighted by Gasteiger charge is -2.03. The molecule has 0 aliphatic rings. The van der Waals surface area contributed by atoms with Gasteiger partial charge >= 0.3 is 0 Å². The molecule has 0 aliphatic heterocycles. The molecule has 0 bridgehead atoms. The molecule has 6 nitrogen and oxygen atoms in total. The average Bonchev–Trinajstić information content (AvgIpc) is 3.02. The van der Waals surface area contributed by atoms with Crippen LogP contribution in [0.3, 0.4) is 0 Å². The van der Waals surface area contributed by atoms with E-state index < -0.39 is 10.0 Å². The van der Waals surface area contributed by atoms with Crippen LogP contribution in [0.4, 0.5) is 0 Å². The first kappa shape index (κ1) is 15.7. The van der Waals surface area contributed by atoms with Gasteiger partial charge in [-0.1, -0.05) is 11.8 Å². The van der Waals surface area contributed by atoms with Crippen LogP contribution in [0.25, 0.3) is 0 Å². The minimum absolute atomic E-state index is 0.00190. The molecule has 2 heterocycles. The van der Waals surface area contributed by atoms with Crippen LogP contribution in [0.2, 0.25) is 0 Å². The first-order valence-electron chi connectivity index (χ1n) is 6.10. The number of aliphatic hydroxyl groups excluding tert-OH is 1. The lowest BCUT2D eigenvalue weighted by Crippen LogP contribution is -2.23. The Labute approximate surface area is 127 Å². The van der Waals surface area contributed by atoms with E-state index in [4.69, 9.17) is 5.11 Å². The highest BCUT2D eigenvalue weighted by Gasteiger charge is 2.18. The topological polar surface area (TPSA) is 84.2 Å². The highest BCUT2D eigenvalue weighted by molar-refractivity contribution is 7.89. The molecular formula is C13H15N3O3S2. The molecule has 0 unspecified atom stereocenters. The van der Waals surface area contributed by atoms with Crippen molar-refractivity contribution in [2.24, 2.45) is 7.05 Å². The van der Waals surface area contributed by atoms with Crippen molar-refractivity contribution in [3.63, 3.8) is 0 Å². The maximum atomic E-state index is 12.2. The molecule has 0 amide bonds. The predicted molar refractivity (Wildman–Crippen MR) is 80.3 cm³/mol. The summed E-state index contributed by atoms with van der Waals surface area (Å²) in [5.74, 6) is 5.96. The summed E-state index contributed by atoms with van der Waals surface area (Å²) in [6, 6.07) is 1.79. The van der Waals surface area contributed by atoms with Gasteiger partial charge in [-0.05, 0) is 18.4 Å². The fourth-order valence-corrected chi connectivity index (χ4v) is 3.51. The number of aliphatic hydroxyl groups is 1. The van der Waals surface area contributed by atoms with Crippen molar-refractivity contribution in [3.05, 3.63) is 33.9 Å². The zero-order valence-corrected chi connectivity index (χ0v) is 13.3. The molecule has 0 aliphatic carbocycles. The Bertz CT molecular complexity index is 775. The normalized spacial score (nSPS) is 11.2. The van der Waals surface area contributed by atoms with Gasteiger partial charge in [0.1, 0.15) is 12.4 Å². The number of hydrogen-bond donors (Lipinski definition) is 2. The molecule has 0 aromatic carbocycles. The van der Waals surface area contributed by atoms with Crippen LogP contribution >= 0.6 is 11.3 Å². The summed E-state index contributed by atoms with van der Waals surface area (Å²) in [4.78, 5) is 4.81.